The maximum atomic E-state index is 11.8. The summed E-state index contributed by atoms with van der Waals surface area (Å²) >= 11 is 4.36. The Balaban J connectivity index is 3.98. The zero-order valence-corrected chi connectivity index (χ0v) is 5.95. The van der Waals surface area contributed by atoms with Crippen molar-refractivity contribution in [3.63, 3.8) is 0 Å². The van der Waals surface area contributed by atoms with E-state index in [1.165, 1.54) is 7.05 Å². The minimum Gasteiger partial charge on any atom is -0.394 e. The van der Waals surface area contributed by atoms with Gasteiger partial charge in [0.1, 0.15) is 0 Å². The number of allylic oxidation sites excluding steroid dienone is 1. The number of hydrogen-bond donors (Lipinski definition) is 1. The number of carbonyl (C=O) groups excluding carboxylic acids is 1. The second kappa shape index (κ2) is 3.51. The summed E-state index contributed by atoms with van der Waals surface area (Å²) in [6.45, 7) is 0. The van der Waals surface area contributed by atoms with Gasteiger partial charge in [0.25, 0.3) is 0 Å². The third kappa shape index (κ3) is 3.40. The summed E-state index contributed by atoms with van der Waals surface area (Å²) < 4.78 is 23.6. The minimum absolute atomic E-state index is 0.674. The monoisotopic (exact) mass is 169 g/mol. The van der Waals surface area contributed by atoms with Gasteiger partial charge in [0.15, 0.2) is 0 Å². The Morgan fingerprint density at radius 2 is 2.20 bits per heavy atom. The van der Waals surface area contributed by atoms with Gasteiger partial charge in [-0.15, -0.1) is 0 Å². The molecule has 58 valence electrons. The Morgan fingerprint density at radius 1 is 1.70 bits per heavy atom. The van der Waals surface area contributed by atoms with Crippen LogP contribution < -0.4 is 5.32 Å². The zero-order chi connectivity index (χ0) is 8.20. The van der Waals surface area contributed by atoms with E-state index in [0.717, 1.165) is 6.20 Å². The topological polar surface area (TPSA) is 29.1 Å². The number of carbonyl (C=O) groups is 1. The molecule has 2 nitrogen and oxygen atoms in total. The van der Waals surface area contributed by atoms with Crippen molar-refractivity contribution in [2.45, 2.75) is 5.38 Å². The number of hydrogen-bond acceptors (Lipinski definition) is 2. The average Bonchev–Trinajstić information content (AvgIpc) is 1.80. The second-order valence-corrected chi connectivity index (χ2v) is 1.96. The van der Waals surface area contributed by atoms with E-state index in [1.807, 2.05) is 0 Å². The average molecular weight is 170 g/mol. The zero-order valence-electron chi connectivity index (χ0n) is 5.20. The number of ketones is 1. The second-order valence-electron chi connectivity index (χ2n) is 1.48. The summed E-state index contributed by atoms with van der Waals surface area (Å²) in [4.78, 5) is 10.2. The van der Waals surface area contributed by atoms with Gasteiger partial charge in [-0.3, -0.25) is 4.79 Å². The number of rotatable bonds is 3. The molecular weight excluding hydrogens is 164 g/mol. The molecule has 0 saturated heterocycles. The highest BCUT2D eigenvalue weighted by molar-refractivity contribution is 6.34. The van der Waals surface area contributed by atoms with E-state index in [0.29, 0.717) is 6.08 Å². The molecule has 0 aliphatic carbocycles. The fourth-order valence-corrected chi connectivity index (χ4v) is 0.317. The predicted octanol–water partition coefficient (Wildman–Crippen LogP) is 1.12. The van der Waals surface area contributed by atoms with Crippen LogP contribution in [0.3, 0.4) is 0 Å². The molecule has 0 amide bonds. The summed E-state index contributed by atoms with van der Waals surface area (Å²) in [6.07, 6.45) is 1.76. The van der Waals surface area contributed by atoms with Crippen molar-refractivity contribution in [2.24, 2.45) is 0 Å². The largest absolute Gasteiger partial charge is 0.394 e. The normalized spacial score (nSPS) is 12.0. The van der Waals surface area contributed by atoms with Crippen LogP contribution in [0.1, 0.15) is 0 Å². The Kier molecular flexibility index (Phi) is 3.28. The Bertz CT molecular complexity index is 152. The van der Waals surface area contributed by atoms with Crippen molar-refractivity contribution in [3.8, 4) is 0 Å². The van der Waals surface area contributed by atoms with Gasteiger partial charge >= 0.3 is 5.38 Å². The highest BCUT2D eigenvalue weighted by atomic mass is 35.5. The van der Waals surface area contributed by atoms with Gasteiger partial charge in [0, 0.05) is 13.1 Å². The van der Waals surface area contributed by atoms with E-state index in [-0.39, 0.29) is 0 Å². The molecule has 0 saturated carbocycles. The van der Waals surface area contributed by atoms with Gasteiger partial charge in [-0.25, -0.2) is 0 Å². The maximum Gasteiger partial charge on any atom is 0.384 e. The quantitative estimate of drug-likeness (QED) is 0.507. The van der Waals surface area contributed by atoms with Crippen molar-refractivity contribution >= 4 is 17.4 Å². The van der Waals surface area contributed by atoms with Crippen LogP contribution in [0, 0.1) is 0 Å². The van der Waals surface area contributed by atoms with Crippen LogP contribution in [-0.4, -0.2) is 18.2 Å². The van der Waals surface area contributed by atoms with Crippen molar-refractivity contribution in [3.05, 3.63) is 12.3 Å². The van der Waals surface area contributed by atoms with Crippen molar-refractivity contribution in [1.82, 2.24) is 5.32 Å². The third-order valence-corrected chi connectivity index (χ3v) is 0.867. The number of halogens is 3. The van der Waals surface area contributed by atoms with Crippen molar-refractivity contribution in [2.75, 3.05) is 7.05 Å². The first kappa shape index (κ1) is 9.36. The van der Waals surface area contributed by atoms with Gasteiger partial charge in [0.2, 0.25) is 5.78 Å². The van der Waals surface area contributed by atoms with Crippen LogP contribution >= 0.6 is 11.6 Å². The van der Waals surface area contributed by atoms with Crippen LogP contribution in [0.2, 0.25) is 0 Å². The van der Waals surface area contributed by atoms with Gasteiger partial charge in [-0.2, -0.15) is 8.78 Å². The predicted molar refractivity (Wildman–Crippen MR) is 34.0 cm³/mol. The van der Waals surface area contributed by atoms with E-state index in [1.54, 1.807) is 0 Å². The lowest BCUT2D eigenvalue weighted by Gasteiger charge is -2.00. The molecule has 10 heavy (non-hydrogen) atoms. The molecule has 0 aromatic heterocycles. The Hall–Kier alpha value is -0.640. The molecule has 0 atom stereocenters. The van der Waals surface area contributed by atoms with Crippen molar-refractivity contribution in [1.29, 1.82) is 0 Å². The maximum absolute atomic E-state index is 11.8. The molecular formula is C5H6ClF2NO. The molecule has 0 unspecified atom stereocenters. The molecule has 0 fully saturated rings. The molecule has 0 aliphatic rings. The molecule has 0 radical (unpaired) electrons. The first-order chi connectivity index (χ1) is 4.48. The lowest BCUT2D eigenvalue weighted by Crippen LogP contribution is -2.19. The number of alkyl halides is 3. The SMILES string of the molecule is CNC=CC(=O)C(F)(F)Cl. The van der Waals surface area contributed by atoms with E-state index in [2.05, 4.69) is 16.9 Å². The van der Waals surface area contributed by atoms with Gasteiger partial charge in [-0.05, 0) is 17.8 Å². The summed E-state index contributed by atoms with van der Waals surface area (Å²) in [5.41, 5.74) is 0. The van der Waals surface area contributed by atoms with Crippen LogP contribution in [0.4, 0.5) is 8.78 Å². The van der Waals surface area contributed by atoms with Gasteiger partial charge in [0.05, 0.1) is 0 Å². The van der Waals surface area contributed by atoms with Crippen molar-refractivity contribution < 1.29 is 13.6 Å². The smallest absolute Gasteiger partial charge is 0.384 e. The molecule has 0 bridgehead atoms. The highest BCUT2D eigenvalue weighted by Gasteiger charge is 2.32. The minimum atomic E-state index is -3.78. The fourth-order valence-electron chi connectivity index (χ4n) is 0.254. The van der Waals surface area contributed by atoms with Gasteiger partial charge < -0.3 is 5.32 Å². The van der Waals surface area contributed by atoms with E-state index >= 15 is 0 Å². The number of nitrogens with one attached hydrogen (secondary N) is 1. The molecule has 0 aromatic carbocycles. The first-order valence-electron chi connectivity index (χ1n) is 2.43. The summed E-state index contributed by atoms with van der Waals surface area (Å²) in [5, 5.41) is -1.41. The van der Waals surface area contributed by atoms with Crippen LogP contribution in [-0.2, 0) is 4.79 Å². The molecule has 0 heterocycles. The third-order valence-electron chi connectivity index (χ3n) is 0.681. The Labute approximate surface area is 61.9 Å². The molecule has 0 spiro atoms. The van der Waals surface area contributed by atoms with Crippen LogP contribution in [0.15, 0.2) is 12.3 Å². The van der Waals surface area contributed by atoms with Gasteiger partial charge in [-0.1, -0.05) is 0 Å². The lowest BCUT2D eigenvalue weighted by atomic mass is 10.4. The summed E-state index contributed by atoms with van der Waals surface area (Å²) in [7, 11) is 1.48. The van der Waals surface area contributed by atoms with E-state index in [9.17, 15) is 13.6 Å². The van der Waals surface area contributed by atoms with Crippen LogP contribution in [0.25, 0.3) is 0 Å². The first-order valence-corrected chi connectivity index (χ1v) is 2.81. The molecule has 0 rings (SSSR count). The molecule has 0 aromatic rings. The van der Waals surface area contributed by atoms with Crippen LogP contribution in [0.5, 0.6) is 0 Å². The molecule has 1 N–H and O–H groups in total. The summed E-state index contributed by atoms with van der Waals surface area (Å²) in [5.74, 6) is -1.43. The lowest BCUT2D eigenvalue weighted by molar-refractivity contribution is -0.128. The summed E-state index contributed by atoms with van der Waals surface area (Å²) in [6, 6.07) is 0. The molecule has 0 aliphatic heterocycles. The Morgan fingerprint density at radius 3 is 2.50 bits per heavy atom. The highest BCUT2D eigenvalue weighted by Crippen LogP contribution is 2.19. The molecule has 5 heteroatoms. The van der Waals surface area contributed by atoms with E-state index < -0.39 is 11.2 Å². The van der Waals surface area contributed by atoms with E-state index in [4.69, 9.17) is 0 Å². The fraction of sp³-hybridized carbons (Fsp3) is 0.400. The standard InChI is InChI=1S/C5H6ClF2NO/c1-9-3-2-4(10)5(6,7)8/h2-3,9H,1H3.